The van der Waals surface area contributed by atoms with Crippen molar-refractivity contribution in [3.63, 3.8) is 0 Å². The first kappa shape index (κ1) is 30.5. The highest BCUT2D eigenvalue weighted by atomic mass is 16.2. The summed E-state index contributed by atoms with van der Waals surface area (Å²) in [4.78, 5) is 81.9. The molecule has 0 aliphatic carbocycles. The van der Waals surface area contributed by atoms with Gasteiger partial charge in [-0.15, -0.1) is 0 Å². The summed E-state index contributed by atoms with van der Waals surface area (Å²) in [6, 6.07) is 0. The zero-order chi connectivity index (χ0) is 26.3. The molecule has 6 amide bonds. The molecule has 2 unspecified atom stereocenters. The second-order valence-electron chi connectivity index (χ2n) is 7.94. The predicted octanol–water partition coefficient (Wildman–Crippen LogP) is -2.80. The maximum atomic E-state index is 12.7. The van der Waals surface area contributed by atoms with E-state index in [9.17, 15) is 33.6 Å². The molecule has 0 aliphatic rings. The van der Waals surface area contributed by atoms with Crippen LogP contribution in [0.5, 0.6) is 0 Å². The van der Waals surface area contributed by atoms with Gasteiger partial charge in [0, 0.05) is 67.0 Å². The van der Waals surface area contributed by atoms with Crippen molar-refractivity contribution in [1.29, 1.82) is 0 Å². The summed E-state index contributed by atoms with van der Waals surface area (Å²) >= 11 is 0. The fraction of sp³-hybridized carbons (Fsp3) is 0.667. The molecule has 0 aromatic rings. The number of hydrogen-bond donors (Lipinski definition) is 6. The predicted molar refractivity (Wildman–Crippen MR) is 122 cm³/mol. The van der Waals surface area contributed by atoms with Crippen LogP contribution in [0.4, 0.5) is 0 Å². The Hall–Kier alpha value is -3.51. The highest BCUT2D eigenvalue weighted by Crippen LogP contribution is 2.01. The fourth-order valence-corrected chi connectivity index (χ4v) is 2.68. The van der Waals surface area contributed by atoms with Crippen LogP contribution in [-0.4, -0.2) is 80.5 Å². The molecule has 0 saturated heterocycles. The van der Waals surface area contributed by atoms with Gasteiger partial charge in [0.1, 0.15) is 5.78 Å². The van der Waals surface area contributed by atoms with Crippen LogP contribution in [0.3, 0.4) is 0 Å². The number of amides is 6. The van der Waals surface area contributed by atoms with E-state index in [1.165, 1.54) is 34.6 Å². The lowest BCUT2D eigenvalue weighted by Crippen LogP contribution is -2.49. The molecule has 0 rings (SSSR count). The molecule has 0 spiro atoms. The van der Waals surface area contributed by atoms with Crippen LogP contribution in [-0.2, 0) is 33.6 Å². The van der Waals surface area contributed by atoms with E-state index in [4.69, 9.17) is 0 Å². The largest absolute Gasteiger partial charge is 0.356 e. The molecule has 13 heteroatoms. The number of rotatable bonds is 15. The van der Waals surface area contributed by atoms with Crippen molar-refractivity contribution in [3.05, 3.63) is 0 Å². The van der Waals surface area contributed by atoms with Gasteiger partial charge in [-0.25, -0.2) is 0 Å². The molecule has 0 aromatic carbocycles. The van der Waals surface area contributed by atoms with Gasteiger partial charge in [-0.05, 0) is 6.92 Å². The Balaban J connectivity index is 5.14. The third kappa shape index (κ3) is 14.5. The molecule has 13 nitrogen and oxygen atoms in total. The minimum atomic E-state index is -0.858. The zero-order valence-corrected chi connectivity index (χ0v) is 20.3. The van der Waals surface area contributed by atoms with Gasteiger partial charge in [0.2, 0.25) is 35.4 Å². The summed E-state index contributed by atoms with van der Waals surface area (Å²) in [5.41, 5.74) is 0. The van der Waals surface area contributed by atoms with Gasteiger partial charge < -0.3 is 31.9 Å². The van der Waals surface area contributed by atoms with Crippen molar-refractivity contribution >= 4 is 41.2 Å². The Labute approximate surface area is 198 Å². The number of Topliss-reactive ketones (excluding diaryl/α,β-unsaturated/α-hetero) is 1. The Morgan fingerprint density at radius 1 is 0.412 bits per heavy atom. The fourth-order valence-electron chi connectivity index (χ4n) is 2.68. The number of ketones is 1. The Kier molecular flexibility index (Phi) is 14.5. The van der Waals surface area contributed by atoms with Crippen molar-refractivity contribution in [2.45, 2.75) is 34.6 Å². The molecule has 0 fully saturated rings. The van der Waals surface area contributed by atoms with Crippen molar-refractivity contribution in [2.24, 2.45) is 17.8 Å². The summed E-state index contributed by atoms with van der Waals surface area (Å²) in [5.74, 6) is -4.88. The van der Waals surface area contributed by atoms with Crippen LogP contribution < -0.4 is 31.9 Å². The average Bonchev–Trinajstić information content (AvgIpc) is 2.72. The first-order valence-electron chi connectivity index (χ1n) is 10.9. The smallest absolute Gasteiger partial charge is 0.226 e. The SMILES string of the molecule is CC(=O)NCC(CNC(=O)C(CNC(C)=O)CNC(=O)C(CNC(C)=O)CNC(C)=O)C(C)=O. The number of carbonyl (C=O) groups is 7. The lowest BCUT2D eigenvalue weighted by Gasteiger charge is -2.22. The quantitative estimate of drug-likeness (QED) is 0.145. The number of carbonyl (C=O) groups excluding carboxylic acids is 7. The van der Waals surface area contributed by atoms with Gasteiger partial charge >= 0.3 is 0 Å². The topological polar surface area (TPSA) is 192 Å². The average molecular weight is 485 g/mol. The molecule has 0 bridgehead atoms. The van der Waals surface area contributed by atoms with Crippen molar-refractivity contribution < 1.29 is 33.6 Å². The van der Waals surface area contributed by atoms with Crippen molar-refractivity contribution in [1.82, 2.24) is 31.9 Å². The van der Waals surface area contributed by atoms with Crippen LogP contribution in [0.1, 0.15) is 34.6 Å². The summed E-state index contributed by atoms with van der Waals surface area (Å²) in [5, 5.41) is 15.3. The molecule has 34 heavy (non-hydrogen) atoms. The Morgan fingerprint density at radius 2 is 0.647 bits per heavy atom. The minimum Gasteiger partial charge on any atom is -0.356 e. The summed E-state index contributed by atoms with van der Waals surface area (Å²) < 4.78 is 0. The summed E-state index contributed by atoms with van der Waals surface area (Å²) in [6.45, 7) is 6.30. The lowest BCUT2D eigenvalue weighted by atomic mass is 10.0. The highest BCUT2D eigenvalue weighted by Gasteiger charge is 2.25. The van der Waals surface area contributed by atoms with E-state index in [0.717, 1.165) is 0 Å². The summed E-state index contributed by atoms with van der Waals surface area (Å²) in [6.07, 6.45) is 0. The normalized spacial score (nSPS) is 12.1. The molecule has 6 N–H and O–H groups in total. The molecule has 192 valence electrons. The minimum absolute atomic E-state index is 0.0204. The van der Waals surface area contributed by atoms with Gasteiger partial charge in [0.05, 0.1) is 17.8 Å². The van der Waals surface area contributed by atoms with E-state index >= 15 is 0 Å². The molecule has 2 atom stereocenters. The zero-order valence-electron chi connectivity index (χ0n) is 20.3. The summed E-state index contributed by atoms with van der Waals surface area (Å²) in [7, 11) is 0. The van der Waals surface area contributed by atoms with Crippen LogP contribution in [0, 0.1) is 17.8 Å². The number of hydrogen-bond acceptors (Lipinski definition) is 7. The second-order valence-corrected chi connectivity index (χ2v) is 7.94. The molecule has 0 saturated carbocycles. The molecule has 0 aromatic heterocycles. The van der Waals surface area contributed by atoms with E-state index in [1.54, 1.807) is 0 Å². The number of nitrogens with one attached hydrogen (secondary N) is 6. The van der Waals surface area contributed by atoms with Crippen molar-refractivity contribution in [3.8, 4) is 0 Å². The van der Waals surface area contributed by atoms with Gasteiger partial charge in [-0.2, -0.15) is 0 Å². The van der Waals surface area contributed by atoms with E-state index < -0.39 is 29.6 Å². The molecule has 0 radical (unpaired) electrons. The second kappa shape index (κ2) is 16.2. The molecular formula is C21H36N6O7. The van der Waals surface area contributed by atoms with Crippen LogP contribution >= 0.6 is 0 Å². The standard InChI is InChI=1S/C21H36N6O7/c1-12(28)17(6-22-13(2)29)7-26-21(34)19(10-25-16(5)32)11-27-20(33)18(8-23-14(3)30)9-24-15(4)31/h17-19H,6-11H2,1-5H3,(H,22,29)(H,23,30)(H,24,31)(H,25,32)(H,26,34)(H,27,33). The lowest BCUT2D eigenvalue weighted by molar-refractivity contribution is -0.127. The maximum absolute atomic E-state index is 12.7. The third-order valence-corrected chi connectivity index (χ3v) is 4.75. The van der Waals surface area contributed by atoms with Gasteiger partial charge in [0.25, 0.3) is 0 Å². The van der Waals surface area contributed by atoms with E-state index in [0.29, 0.717) is 0 Å². The highest BCUT2D eigenvalue weighted by molar-refractivity contribution is 5.85. The van der Waals surface area contributed by atoms with Gasteiger partial charge in [0.15, 0.2) is 0 Å². The van der Waals surface area contributed by atoms with Crippen molar-refractivity contribution in [2.75, 3.05) is 39.3 Å². The Morgan fingerprint density at radius 3 is 0.912 bits per heavy atom. The molecule has 0 heterocycles. The van der Waals surface area contributed by atoms with Gasteiger partial charge in [-0.1, -0.05) is 0 Å². The third-order valence-electron chi connectivity index (χ3n) is 4.75. The monoisotopic (exact) mass is 484 g/mol. The van der Waals surface area contributed by atoms with E-state index in [2.05, 4.69) is 31.9 Å². The van der Waals surface area contributed by atoms with Crippen LogP contribution in [0.25, 0.3) is 0 Å². The first-order valence-corrected chi connectivity index (χ1v) is 10.9. The molecule has 0 aliphatic heterocycles. The maximum Gasteiger partial charge on any atom is 0.226 e. The molecular weight excluding hydrogens is 448 g/mol. The Bertz CT molecular complexity index is 753. The van der Waals surface area contributed by atoms with Gasteiger partial charge in [-0.3, -0.25) is 33.6 Å². The van der Waals surface area contributed by atoms with E-state index in [1.807, 2.05) is 0 Å². The first-order chi connectivity index (χ1) is 15.8. The van der Waals surface area contributed by atoms with E-state index in [-0.39, 0.29) is 68.7 Å². The van der Waals surface area contributed by atoms with Crippen LogP contribution in [0.15, 0.2) is 0 Å². The van der Waals surface area contributed by atoms with Crippen LogP contribution in [0.2, 0.25) is 0 Å².